The summed E-state index contributed by atoms with van der Waals surface area (Å²) in [5, 5.41) is 30.2. The molecule has 0 rings (SSSR count). The number of carboxylic acid groups (broad SMARTS) is 1. The van der Waals surface area contributed by atoms with E-state index in [0.717, 1.165) is 33.7 Å². The summed E-state index contributed by atoms with van der Waals surface area (Å²) in [4.78, 5) is 45.8. The second-order valence-electron chi connectivity index (χ2n) is 10.5. The molecule has 0 aliphatic rings. The molecule has 0 radical (unpaired) electrons. The van der Waals surface area contributed by atoms with Gasteiger partial charge in [-0.2, -0.15) is 8.78 Å². The van der Waals surface area contributed by atoms with Crippen molar-refractivity contribution in [3.63, 3.8) is 0 Å². The highest BCUT2D eigenvalue weighted by molar-refractivity contribution is 7.80. The number of aldehydes is 2. The molecule has 0 aromatic carbocycles. The third-order valence-electron chi connectivity index (χ3n) is 3.80. The minimum Gasteiger partial charge on any atom is -0.491 e. The van der Waals surface area contributed by atoms with Gasteiger partial charge in [-0.3, -0.25) is 14.4 Å². The van der Waals surface area contributed by atoms with E-state index in [1.54, 1.807) is 14.0 Å². The third kappa shape index (κ3) is 2090. The Morgan fingerprint density at radius 3 is 0.579 bits per heavy atom. The standard InChI is InChI=1S/2C5H12.C4H10.2C4H8.C3H6F2O.2C3H6O2.C3H6OS.C3H8.C2H4O2.2C2H4O.7C2H6.CH5BO2.CH4O/c2*1-3-5-4-2;3*1-3-4-2;1-3(4,5)6-2;2*1-3(4)5-2;1-3(5)4-2;1-3-2;1-2(3)4;2*1-2-3;7*1-2;1-2(3)4;1-2/h2*3-5H2,1-2H3;3-4H2,1-2H3;2*3-4H,1-2H3;1-2H3;3*1-2H3;3H2,1-2H3;1H3,(H,3,4);2*2H,1H3;7*1-2H3;3-4H,1H3;2H,1H3/b;;;2*4-3+;;;;;;;;;;;;;;;;;. The van der Waals surface area contributed by atoms with Crippen molar-refractivity contribution in [1.82, 2.24) is 0 Å². The number of aliphatic hydroxyl groups is 1. The average molecular weight is 1140 g/mol. The minimum atomic E-state index is -2.96. The monoisotopic (exact) mass is 1140 g/mol. The maximum atomic E-state index is 11.2. The molecule has 0 unspecified atom stereocenters. The lowest BCUT2D eigenvalue weighted by molar-refractivity contribution is -0.205. The van der Waals surface area contributed by atoms with Gasteiger partial charge in [0.15, 0.2) is 5.05 Å². The normalized spacial score (nSPS) is 6.68. The van der Waals surface area contributed by atoms with Crippen molar-refractivity contribution in [3.8, 4) is 0 Å². The summed E-state index contributed by atoms with van der Waals surface area (Å²) < 4.78 is 38.8. The number of hydrogen-bond donors (Lipinski definition) is 4. The second kappa shape index (κ2) is 265. The summed E-state index contributed by atoms with van der Waals surface area (Å²) >= 11 is 4.47. The minimum absolute atomic E-state index is 0.245. The highest BCUT2D eigenvalue weighted by Gasteiger charge is 2.17. The SMILES string of the molecule is C/C=C/C.C/C=C/C.CB(O)O.CC.CC.CC.CC.CC.CC.CC.CC(=O)O.CC=O.CC=O.CCC.CCCC.CCCCC.CCCCC.CO.COC(C)(F)F.COC(C)=O.COC(C)=O.COC(C)=S. The Morgan fingerprint density at radius 2 is 0.579 bits per heavy atom. The van der Waals surface area contributed by atoms with E-state index in [0.29, 0.717) is 12.0 Å². The van der Waals surface area contributed by atoms with Crippen LogP contribution in [0.4, 0.5) is 8.78 Å². The topological polar surface area (TPSA) is 203 Å². The van der Waals surface area contributed by atoms with Crippen molar-refractivity contribution in [3.05, 3.63) is 24.3 Å². The van der Waals surface area contributed by atoms with E-state index in [4.69, 9.17) is 34.6 Å². The highest BCUT2D eigenvalue weighted by atomic mass is 32.1. The molecule has 0 amide bonds. The van der Waals surface area contributed by atoms with Crippen LogP contribution >= 0.6 is 12.2 Å². The third-order valence-corrected chi connectivity index (χ3v) is 3.97. The first kappa shape index (κ1) is 145. The molecule has 0 bridgehead atoms. The maximum absolute atomic E-state index is 11.2. The quantitative estimate of drug-likeness (QED) is 0.0643. The summed E-state index contributed by atoms with van der Waals surface area (Å²) in [7, 11) is 5.05. The molecular formula is C59H145BF2O13S. The molecular weight excluding hydrogens is 998 g/mol. The zero-order valence-corrected chi connectivity index (χ0v) is 59.3. The first-order valence-corrected chi connectivity index (χ1v) is 28.1. The molecule has 76 heavy (non-hydrogen) atoms. The van der Waals surface area contributed by atoms with E-state index in [1.807, 2.05) is 149 Å². The predicted octanol–water partition coefficient (Wildman–Crippen LogP) is 19.7. The molecule has 0 fully saturated rings. The van der Waals surface area contributed by atoms with E-state index >= 15 is 0 Å². The Balaban J connectivity index is -0.0000000203. The van der Waals surface area contributed by atoms with Crippen LogP contribution in [-0.4, -0.2) is 105 Å². The highest BCUT2D eigenvalue weighted by Crippen LogP contribution is 2.09. The molecule has 0 atom stereocenters. The summed E-state index contributed by atoms with van der Waals surface area (Å²) in [6.45, 7) is 63.8. The van der Waals surface area contributed by atoms with E-state index < -0.39 is 19.2 Å². The predicted molar refractivity (Wildman–Crippen MR) is 347 cm³/mol. The lowest BCUT2D eigenvalue weighted by Crippen LogP contribution is -2.10. The van der Waals surface area contributed by atoms with Crippen molar-refractivity contribution < 1.29 is 72.0 Å². The number of aliphatic carboxylic acids is 1. The number of thiocarbonyl (C=S) groups is 1. The molecule has 0 heterocycles. The van der Waals surface area contributed by atoms with Gasteiger partial charge in [-0.1, -0.05) is 234 Å². The van der Waals surface area contributed by atoms with Crippen LogP contribution in [0.25, 0.3) is 0 Å². The summed E-state index contributed by atoms with van der Waals surface area (Å²) in [5.41, 5.74) is 0. The molecule has 0 aliphatic carbocycles. The number of allylic oxidation sites excluding steroid dienone is 4. The lowest BCUT2D eigenvalue weighted by Gasteiger charge is -2.03. The first-order chi connectivity index (χ1) is 35.6. The zero-order chi connectivity index (χ0) is 67.8. The van der Waals surface area contributed by atoms with Gasteiger partial charge >= 0.3 is 25.2 Å². The van der Waals surface area contributed by atoms with Crippen LogP contribution in [0.1, 0.15) is 286 Å². The van der Waals surface area contributed by atoms with Gasteiger partial charge in [-0.05, 0) is 60.6 Å². The van der Waals surface area contributed by atoms with Gasteiger partial charge in [0.1, 0.15) is 12.6 Å². The maximum Gasteiger partial charge on any atom is 0.448 e. The zero-order valence-electron chi connectivity index (χ0n) is 58.5. The number of rotatable bonds is 6. The number of halogens is 2. The molecule has 0 aliphatic heterocycles. The van der Waals surface area contributed by atoms with E-state index in [1.165, 1.54) is 107 Å². The Kier molecular flexibility index (Phi) is 508. The van der Waals surface area contributed by atoms with Crippen LogP contribution in [0, 0.1) is 0 Å². The lowest BCUT2D eigenvalue weighted by atomic mass is 9.99. The van der Waals surface area contributed by atoms with Crippen molar-refractivity contribution in [2.75, 3.05) is 35.5 Å². The largest absolute Gasteiger partial charge is 0.491 e. The van der Waals surface area contributed by atoms with Crippen LogP contribution < -0.4 is 0 Å². The molecule has 0 saturated carbocycles. The molecule has 17 heteroatoms. The molecule has 0 aromatic rings. The first-order valence-electron chi connectivity index (χ1n) is 27.7. The number of hydrogen-bond acceptors (Lipinski definition) is 13. The number of aliphatic hydroxyl groups excluding tert-OH is 1. The Morgan fingerprint density at radius 1 is 0.487 bits per heavy atom. The number of carboxylic acids is 1. The van der Waals surface area contributed by atoms with Gasteiger partial charge in [-0.15, -0.1) is 0 Å². The second-order valence-corrected chi connectivity index (χ2v) is 11.0. The van der Waals surface area contributed by atoms with Crippen LogP contribution in [-0.2, 0) is 42.9 Å². The number of esters is 2. The number of methoxy groups -OCH3 is 4. The van der Waals surface area contributed by atoms with E-state index in [-0.39, 0.29) is 11.9 Å². The van der Waals surface area contributed by atoms with E-state index in [2.05, 4.69) is 86.6 Å². The number of carbonyl (C=O) groups is 5. The smallest absolute Gasteiger partial charge is 0.448 e. The average Bonchev–Trinajstić information content (AvgIpc) is 3.42. The fourth-order valence-corrected chi connectivity index (χ4v) is 0.707. The molecule has 0 saturated heterocycles. The number of alkyl halides is 2. The van der Waals surface area contributed by atoms with Gasteiger partial charge in [0.2, 0.25) is 0 Å². The number of ether oxygens (including phenoxy) is 4. The van der Waals surface area contributed by atoms with Crippen LogP contribution in [0.2, 0.25) is 6.82 Å². The Labute approximate surface area is 484 Å². The summed E-state index contributed by atoms with van der Waals surface area (Å²) in [6, 6.07) is 0. The van der Waals surface area contributed by atoms with E-state index in [9.17, 15) is 18.4 Å². The van der Waals surface area contributed by atoms with Gasteiger partial charge in [0.25, 0.3) is 5.97 Å². The van der Waals surface area contributed by atoms with Crippen LogP contribution in [0.5, 0.6) is 0 Å². The number of unbranched alkanes of at least 4 members (excludes halogenated alkanes) is 5. The van der Waals surface area contributed by atoms with Crippen LogP contribution in [0.3, 0.4) is 0 Å². The van der Waals surface area contributed by atoms with Crippen molar-refractivity contribution >= 4 is 54.9 Å². The van der Waals surface area contributed by atoms with Gasteiger partial charge in [0, 0.05) is 48.8 Å². The summed E-state index contributed by atoms with van der Waals surface area (Å²) in [6.07, 6.45) is 18.6. The molecule has 13 nitrogen and oxygen atoms in total. The summed E-state index contributed by atoms with van der Waals surface area (Å²) in [5.74, 6) is -1.32. The van der Waals surface area contributed by atoms with Crippen molar-refractivity contribution in [1.29, 1.82) is 0 Å². The van der Waals surface area contributed by atoms with Crippen molar-refractivity contribution in [2.24, 2.45) is 0 Å². The Hall–Kier alpha value is -3.12. The van der Waals surface area contributed by atoms with Crippen LogP contribution in [0.15, 0.2) is 24.3 Å². The molecule has 4 N–H and O–H groups in total. The molecule has 0 spiro atoms. The fraction of sp³-hybridized carbons (Fsp3) is 0.831. The molecule has 0 aromatic heterocycles. The van der Waals surface area contributed by atoms with Gasteiger partial charge in [-0.25, -0.2) is 0 Å². The van der Waals surface area contributed by atoms with Gasteiger partial charge < -0.3 is 48.8 Å². The van der Waals surface area contributed by atoms with Crippen molar-refractivity contribution in [2.45, 2.75) is 299 Å². The van der Waals surface area contributed by atoms with Gasteiger partial charge in [0.05, 0.1) is 21.3 Å². The number of carbonyl (C=O) groups excluding carboxylic acids is 4. The Bertz CT molecular complexity index is 700. The fourth-order valence-electron chi connectivity index (χ4n) is 0.707. The molecule has 482 valence electrons.